The lowest BCUT2D eigenvalue weighted by Gasteiger charge is -2.40. The Labute approximate surface area is 205 Å². The van der Waals surface area contributed by atoms with Crippen LogP contribution in [0.15, 0.2) is 4.99 Å². The van der Waals surface area contributed by atoms with Crippen LogP contribution in [0.1, 0.15) is 54.4 Å². The van der Waals surface area contributed by atoms with Gasteiger partial charge >= 0.3 is 6.09 Å². The summed E-state index contributed by atoms with van der Waals surface area (Å²) in [5.74, 6) is 1.40. The molecule has 31 heavy (non-hydrogen) atoms. The molecule has 9 heteroatoms. The van der Waals surface area contributed by atoms with Crippen molar-refractivity contribution in [2.24, 2.45) is 10.9 Å². The topological polar surface area (TPSA) is 78.4 Å². The van der Waals surface area contributed by atoms with E-state index >= 15 is 0 Å². The quantitative estimate of drug-likeness (QED) is 0.299. The number of hydrogen-bond acceptors (Lipinski definition) is 5. The second-order valence-corrected chi connectivity index (χ2v) is 9.90. The number of halogens is 1. The summed E-state index contributed by atoms with van der Waals surface area (Å²) in [6, 6.07) is 0. The monoisotopic (exact) mass is 553 g/mol. The average Bonchev–Trinajstić information content (AvgIpc) is 2.70. The van der Waals surface area contributed by atoms with Crippen molar-refractivity contribution in [1.82, 2.24) is 20.4 Å². The number of carbonyl (C=O) groups excluding carboxylic acids is 1. The molecule has 8 nitrogen and oxygen atoms in total. The minimum absolute atomic E-state index is 0. The van der Waals surface area contributed by atoms with Crippen molar-refractivity contribution < 1.29 is 14.3 Å². The molecule has 0 radical (unpaired) electrons. The van der Waals surface area contributed by atoms with E-state index in [1.807, 2.05) is 25.7 Å². The van der Waals surface area contributed by atoms with Crippen LogP contribution in [0.25, 0.3) is 0 Å². The van der Waals surface area contributed by atoms with Crippen LogP contribution in [0, 0.1) is 5.92 Å². The molecule has 0 unspecified atom stereocenters. The number of piperidine rings is 1. The Balaban J connectivity index is 0.00000480. The first kappa shape index (κ1) is 28.2. The minimum Gasteiger partial charge on any atom is -0.444 e. The highest BCUT2D eigenvalue weighted by Crippen LogP contribution is 2.19. The summed E-state index contributed by atoms with van der Waals surface area (Å²) in [7, 11) is 0. The third-order valence-electron chi connectivity index (χ3n) is 5.66. The zero-order valence-electron chi connectivity index (χ0n) is 20.3. The third kappa shape index (κ3) is 10.1. The van der Waals surface area contributed by atoms with Gasteiger partial charge in [-0.25, -0.2) is 4.79 Å². The van der Waals surface area contributed by atoms with Gasteiger partial charge in [-0.05, 0) is 60.3 Å². The Kier molecular flexibility index (Phi) is 11.9. The number of nitrogens with zero attached hydrogens (tertiary/aromatic N) is 3. The molecule has 2 fully saturated rings. The van der Waals surface area contributed by atoms with Crippen LogP contribution < -0.4 is 10.6 Å². The molecule has 0 aliphatic carbocycles. The molecular weight excluding hydrogens is 509 g/mol. The van der Waals surface area contributed by atoms with E-state index < -0.39 is 5.60 Å². The first-order chi connectivity index (χ1) is 14.1. The number of morpholine rings is 1. The number of hydrogen-bond donors (Lipinski definition) is 2. The molecule has 0 aromatic rings. The molecule has 2 saturated heterocycles. The van der Waals surface area contributed by atoms with Gasteiger partial charge in [0.25, 0.3) is 0 Å². The molecule has 1 amide bonds. The molecule has 0 atom stereocenters. The maximum Gasteiger partial charge on any atom is 0.410 e. The van der Waals surface area contributed by atoms with Crippen LogP contribution in [0.5, 0.6) is 0 Å². The lowest BCUT2D eigenvalue weighted by molar-refractivity contribution is -0.00684. The number of aliphatic imine (C=N–C) groups is 1. The van der Waals surface area contributed by atoms with Crippen LogP contribution in [0.2, 0.25) is 0 Å². The van der Waals surface area contributed by atoms with Crippen LogP contribution in [0.3, 0.4) is 0 Å². The van der Waals surface area contributed by atoms with Crippen LogP contribution in [0.4, 0.5) is 4.79 Å². The number of amides is 1. The SMILES string of the molecule is CCNC(=NCC(C)(C)N1CCOCC1)NCC1CCN(C(=O)OC(C)(C)C)CC1.I. The maximum atomic E-state index is 12.2. The zero-order chi connectivity index (χ0) is 22.2. The number of ether oxygens (including phenoxy) is 2. The molecule has 0 aromatic carbocycles. The number of carbonyl (C=O) groups is 1. The summed E-state index contributed by atoms with van der Waals surface area (Å²) in [6.45, 7) is 19.8. The summed E-state index contributed by atoms with van der Waals surface area (Å²) < 4.78 is 11.0. The smallest absolute Gasteiger partial charge is 0.410 e. The standard InChI is InChI=1S/C22H43N5O3.HI/c1-7-23-19(25-17-22(5,6)27-12-14-29-15-13-27)24-16-18-8-10-26(11-9-18)20(28)30-21(2,3)4;/h18H,7-17H2,1-6H3,(H2,23,24,25);1H. The number of guanidine groups is 1. The summed E-state index contributed by atoms with van der Waals surface area (Å²) in [6.07, 6.45) is 1.75. The van der Waals surface area contributed by atoms with Gasteiger partial charge in [0.2, 0.25) is 0 Å². The van der Waals surface area contributed by atoms with E-state index in [-0.39, 0.29) is 35.6 Å². The summed E-state index contributed by atoms with van der Waals surface area (Å²) in [5.41, 5.74) is -0.438. The van der Waals surface area contributed by atoms with Gasteiger partial charge in [0.1, 0.15) is 5.60 Å². The Morgan fingerprint density at radius 2 is 1.68 bits per heavy atom. The average molecular weight is 554 g/mol. The first-order valence-corrected chi connectivity index (χ1v) is 11.4. The van der Waals surface area contributed by atoms with Crippen LogP contribution in [-0.4, -0.2) is 92.0 Å². The Morgan fingerprint density at radius 1 is 1.06 bits per heavy atom. The second-order valence-electron chi connectivity index (χ2n) is 9.90. The zero-order valence-corrected chi connectivity index (χ0v) is 22.7. The molecule has 0 aromatic heterocycles. The van der Waals surface area contributed by atoms with E-state index in [0.29, 0.717) is 5.92 Å². The van der Waals surface area contributed by atoms with E-state index in [1.54, 1.807) is 0 Å². The fourth-order valence-corrected chi connectivity index (χ4v) is 3.77. The van der Waals surface area contributed by atoms with Gasteiger partial charge < -0.3 is 25.0 Å². The fraction of sp³-hybridized carbons (Fsp3) is 0.909. The third-order valence-corrected chi connectivity index (χ3v) is 5.66. The lowest BCUT2D eigenvalue weighted by atomic mass is 9.97. The second kappa shape index (κ2) is 13.0. The van der Waals surface area contributed by atoms with E-state index in [9.17, 15) is 4.79 Å². The van der Waals surface area contributed by atoms with Crippen molar-refractivity contribution in [3.8, 4) is 0 Å². The van der Waals surface area contributed by atoms with Crippen LogP contribution in [-0.2, 0) is 9.47 Å². The molecule has 182 valence electrons. The number of likely N-dealkylation sites (tertiary alicyclic amines) is 1. The predicted molar refractivity (Wildman–Crippen MR) is 136 cm³/mol. The van der Waals surface area contributed by atoms with Gasteiger partial charge in [0.15, 0.2) is 5.96 Å². The van der Waals surface area contributed by atoms with Crippen molar-refractivity contribution >= 4 is 36.0 Å². The minimum atomic E-state index is -0.443. The van der Waals surface area contributed by atoms with Gasteiger partial charge in [-0.3, -0.25) is 9.89 Å². The van der Waals surface area contributed by atoms with Gasteiger partial charge in [0, 0.05) is 44.8 Å². The van der Waals surface area contributed by atoms with Crippen molar-refractivity contribution in [2.45, 2.75) is 65.5 Å². The molecular formula is C22H44IN5O3. The van der Waals surface area contributed by atoms with Gasteiger partial charge in [-0.15, -0.1) is 24.0 Å². The number of nitrogens with one attached hydrogen (secondary N) is 2. The maximum absolute atomic E-state index is 12.2. The van der Waals surface area contributed by atoms with Gasteiger partial charge in [0.05, 0.1) is 19.8 Å². The fourth-order valence-electron chi connectivity index (χ4n) is 3.77. The van der Waals surface area contributed by atoms with E-state index in [2.05, 4.69) is 36.3 Å². The first-order valence-electron chi connectivity index (χ1n) is 11.4. The highest BCUT2D eigenvalue weighted by Gasteiger charge is 2.29. The van der Waals surface area contributed by atoms with Gasteiger partial charge in [-0.1, -0.05) is 0 Å². The molecule has 0 spiro atoms. The highest BCUT2D eigenvalue weighted by molar-refractivity contribution is 14.0. The summed E-state index contributed by atoms with van der Waals surface area (Å²) in [5, 5.41) is 6.87. The van der Waals surface area contributed by atoms with Crippen molar-refractivity contribution in [3.63, 3.8) is 0 Å². The molecule has 2 rings (SSSR count). The molecule has 2 aliphatic rings. The molecule has 0 saturated carbocycles. The molecule has 2 aliphatic heterocycles. The largest absolute Gasteiger partial charge is 0.444 e. The van der Waals surface area contributed by atoms with E-state index in [4.69, 9.17) is 14.5 Å². The van der Waals surface area contributed by atoms with E-state index in [0.717, 1.165) is 77.8 Å². The van der Waals surface area contributed by atoms with E-state index in [1.165, 1.54) is 0 Å². The normalized spacial score (nSPS) is 19.5. The number of rotatable bonds is 6. The van der Waals surface area contributed by atoms with Crippen molar-refractivity contribution in [1.29, 1.82) is 0 Å². The Hall–Kier alpha value is -0.810. The highest BCUT2D eigenvalue weighted by atomic mass is 127. The van der Waals surface area contributed by atoms with Gasteiger partial charge in [-0.2, -0.15) is 0 Å². The van der Waals surface area contributed by atoms with Crippen molar-refractivity contribution in [3.05, 3.63) is 0 Å². The molecule has 2 N–H and O–H groups in total. The Morgan fingerprint density at radius 3 is 2.23 bits per heavy atom. The lowest BCUT2D eigenvalue weighted by Crippen LogP contribution is -2.52. The molecule has 2 heterocycles. The Bertz CT molecular complexity index is 566. The predicted octanol–water partition coefficient (Wildman–Crippen LogP) is 2.92. The molecule has 0 bridgehead atoms. The summed E-state index contributed by atoms with van der Waals surface area (Å²) in [4.78, 5) is 21.4. The van der Waals surface area contributed by atoms with Crippen molar-refractivity contribution in [2.75, 3.05) is 59.0 Å². The van der Waals surface area contributed by atoms with Crippen LogP contribution >= 0.6 is 24.0 Å². The summed E-state index contributed by atoms with van der Waals surface area (Å²) >= 11 is 0.